The molecule has 158 valence electrons. The number of furan rings is 1. The number of benzene rings is 1. The van der Waals surface area contributed by atoms with Gasteiger partial charge in [0.15, 0.2) is 11.6 Å². The van der Waals surface area contributed by atoms with Crippen LogP contribution in [0.3, 0.4) is 0 Å². The fourth-order valence-corrected chi connectivity index (χ4v) is 4.18. The van der Waals surface area contributed by atoms with Gasteiger partial charge in [-0.25, -0.2) is 9.98 Å². The number of aliphatic imine (C=N–C) groups is 3. The first-order valence-electron chi connectivity index (χ1n) is 10.1. The maximum absolute atomic E-state index is 6.85. The number of halogens is 1. The standard InChI is InChI=1S/C21H21ClN8O/c1-3-4-17-25-21(22)13(2)23-12-24-20(21)30(17)11-14-5-7-15(8-6-14)16-9-10-31-18(16)19-26-28-29-27-19/h5-10H,3-4,11-12H2,1-2H3,(H,26,27,28,29). The van der Waals surface area contributed by atoms with E-state index in [4.69, 9.17) is 21.0 Å². The fraction of sp³-hybridized carbons (Fsp3) is 0.333. The highest BCUT2D eigenvalue weighted by Crippen LogP contribution is 2.35. The molecule has 1 aromatic carbocycles. The summed E-state index contributed by atoms with van der Waals surface area (Å²) in [6.45, 7) is 5.08. The first-order chi connectivity index (χ1) is 15.1. The van der Waals surface area contributed by atoms with Crippen molar-refractivity contribution < 1.29 is 4.42 Å². The number of rotatable bonds is 6. The lowest BCUT2D eigenvalue weighted by Gasteiger charge is -2.28. The number of amidine groups is 2. The molecule has 0 saturated heterocycles. The second kappa shape index (κ2) is 7.73. The number of alkyl halides is 1. The van der Waals surface area contributed by atoms with Gasteiger partial charge in [0.25, 0.3) is 0 Å². The molecule has 3 aromatic rings. The molecule has 0 spiro atoms. The summed E-state index contributed by atoms with van der Waals surface area (Å²) in [6.07, 6.45) is 3.43. The van der Waals surface area contributed by atoms with Crippen molar-refractivity contribution in [1.82, 2.24) is 25.5 Å². The van der Waals surface area contributed by atoms with Crippen LogP contribution in [0.15, 0.2) is 56.0 Å². The van der Waals surface area contributed by atoms with Crippen molar-refractivity contribution in [3.8, 4) is 22.7 Å². The van der Waals surface area contributed by atoms with E-state index in [2.05, 4.69) is 66.7 Å². The minimum absolute atomic E-state index is 0.388. The molecule has 1 unspecified atom stereocenters. The second-order valence-electron chi connectivity index (χ2n) is 7.45. The molecule has 9 nitrogen and oxygen atoms in total. The van der Waals surface area contributed by atoms with E-state index < -0.39 is 5.00 Å². The summed E-state index contributed by atoms with van der Waals surface area (Å²) >= 11 is 6.85. The summed E-state index contributed by atoms with van der Waals surface area (Å²) in [5, 5.41) is 14.1. The van der Waals surface area contributed by atoms with Gasteiger partial charge in [0.1, 0.15) is 12.5 Å². The number of nitrogens with zero attached hydrogens (tertiary/aromatic N) is 7. The monoisotopic (exact) mass is 436 g/mol. The molecule has 1 N–H and O–H groups in total. The number of aromatic nitrogens is 4. The molecule has 0 aliphatic carbocycles. The summed E-state index contributed by atoms with van der Waals surface area (Å²) in [7, 11) is 0. The summed E-state index contributed by atoms with van der Waals surface area (Å²) < 4.78 is 5.57. The number of hydrogen-bond donors (Lipinski definition) is 1. The molecule has 0 fully saturated rings. The van der Waals surface area contributed by atoms with Gasteiger partial charge < -0.3 is 9.32 Å². The molecule has 2 aliphatic heterocycles. The zero-order chi connectivity index (χ0) is 21.4. The predicted molar refractivity (Wildman–Crippen MR) is 119 cm³/mol. The summed E-state index contributed by atoms with van der Waals surface area (Å²) in [6, 6.07) is 10.2. The lowest BCUT2D eigenvalue weighted by molar-refractivity contribution is 0.578. The molecule has 10 heteroatoms. The first-order valence-corrected chi connectivity index (χ1v) is 10.5. The van der Waals surface area contributed by atoms with Crippen LogP contribution in [-0.2, 0) is 6.54 Å². The maximum Gasteiger partial charge on any atom is 0.240 e. The van der Waals surface area contributed by atoms with Crippen LogP contribution in [0.4, 0.5) is 0 Å². The number of H-pyrrole nitrogens is 1. The first kappa shape index (κ1) is 19.6. The molecule has 2 aromatic heterocycles. The summed E-state index contributed by atoms with van der Waals surface area (Å²) in [5.41, 5.74) is 3.83. The number of tetrazole rings is 1. The number of nitrogens with one attached hydrogen (secondary N) is 1. The van der Waals surface area contributed by atoms with Gasteiger partial charge in [-0.15, -0.1) is 10.2 Å². The highest BCUT2D eigenvalue weighted by atomic mass is 35.5. The average Bonchev–Trinajstić information content (AvgIpc) is 3.50. The van der Waals surface area contributed by atoms with E-state index in [1.54, 1.807) is 6.26 Å². The normalized spacial score (nSPS) is 20.4. The molecule has 4 heterocycles. The summed E-state index contributed by atoms with van der Waals surface area (Å²) in [4.78, 5) is 14.9. The van der Waals surface area contributed by atoms with Gasteiger partial charge in [-0.1, -0.05) is 42.8 Å². The molecule has 2 aliphatic rings. The largest absolute Gasteiger partial charge is 0.460 e. The van der Waals surface area contributed by atoms with E-state index in [9.17, 15) is 0 Å². The van der Waals surface area contributed by atoms with Gasteiger partial charge in [-0.05, 0) is 35.8 Å². The van der Waals surface area contributed by atoms with Gasteiger partial charge in [0.05, 0.1) is 18.5 Å². The third-order valence-electron chi connectivity index (χ3n) is 5.45. The Labute approximate surface area is 184 Å². The lowest BCUT2D eigenvalue weighted by atomic mass is 10.0. The topological polar surface area (TPSA) is 108 Å². The molecule has 0 amide bonds. The van der Waals surface area contributed by atoms with Crippen molar-refractivity contribution in [3.63, 3.8) is 0 Å². The van der Waals surface area contributed by atoms with Crippen LogP contribution in [0.1, 0.15) is 32.3 Å². The third kappa shape index (κ3) is 3.34. The highest BCUT2D eigenvalue weighted by Gasteiger charge is 2.47. The van der Waals surface area contributed by atoms with Crippen LogP contribution in [0.2, 0.25) is 0 Å². The van der Waals surface area contributed by atoms with Crippen molar-refractivity contribution in [2.45, 2.75) is 38.2 Å². The molecular formula is C21H21ClN8O. The van der Waals surface area contributed by atoms with Crippen molar-refractivity contribution in [1.29, 1.82) is 0 Å². The Morgan fingerprint density at radius 3 is 2.77 bits per heavy atom. The van der Waals surface area contributed by atoms with Crippen molar-refractivity contribution in [3.05, 3.63) is 42.2 Å². The van der Waals surface area contributed by atoms with E-state index in [1.807, 2.05) is 13.0 Å². The van der Waals surface area contributed by atoms with E-state index >= 15 is 0 Å². The van der Waals surface area contributed by atoms with E-state index in [0.29, 0.717) is 24.8 Å². The van der Waals surface area contributed by atoms with Crippen molar-refractivity contribution >= 4 is 29.0 Å². The summed E-state index contributed by atoms with van der Waals surface area (Å²) in [5.74, 6) is 2.72. The van der Waals surface area contributed by atoms with Gasteiger partial charge in [0.2, 0.25) is 10.8 Å². The minimum atomic E-state index is -0.973. The highest BCUT2D eigenvalue weighted by molar-refractivity contribution is 6.50. The Kier molecular flexibility index (Phi) is 4.90. The number of aromatic amines is 1. The third-order valence-corrected chi connectivity index (χ3v) is 5.97. The van der Waals surface area contributed by atoms with Gasteiger partial charge in [-0.3, -0.25) is 4.99 Å². The maximum atomic E-state index is 6.85. The predicted octanol–water partition coefficient (Wildman–Crippen LogP) is 3.91. The Morgan fingerprint density at radius 1 is 1.19 bits per heavy atom. The smallest absolute Gasteiger partial charge is 0.240 e. The van der Waals surface area contributed by atoms with Crippen molar-refractivity contribution in [2.75, 3.05) is 6.67 Å². The van der Waals surface area contributed by atoms with Gasteiger partial charge in [-0.2, -0.15) is 5.21 Å². The molecule has 5 rings (SSSR count). The Hall–Kier alpha value is -3.33. The Bertz CT molecular complexity index is 1180. The molecule has 0 bridgehead atoms. The van der Waals surface area contributed by atoms with Crippen LogP contribution in [-0.4, -0.2) is 54.6 Å². The second-order valence-corrected chi connectivity index (χ2v) is 8.00. The van der Waals surface area contributed by atoms with Crippen LogP contribution < -0.4 is 0 Å². The van der Waals surface area contributed by atoms with Crippen LogP contribution in [0, 0.1) is 0 Å². The van der Waals surface area contributed by atoms with Gasteiger partial charge >= 0.3 is 0 Å². The van der Waals surface area contributed by atoms with E-state index in [0.717, 1.165) is 46.9 Å². The molecular weight excluding hydrogens is 416 g/mol. The van der Waals surface area contributed by atoms with Crippen LogP contribution in [0.5, 0.6) is 0 Å². The zero-order valence-electron chi connectivity index (χ0n) is 17.2. The minimum Gasteiger partial charge on any atom is -0.460 e. The van der Waals surface area contributed by atoms with Gasteiger partial charge in [0, 0.05) is 12.0 Å². The molecule has 31 heavy (non-hydrogen) atoms. The van der Waals surface area contributed by atoms with E-state index in [-0.39, 0.29) is 0 Å². The zero-order valence-corrected chi connectivity index (χ0v) is 18.0. The Balaban J connectivity index is 1.41. The van der Waals surface area contributed by atoms with Crippen molar-refractivity contribution in [2.24, 2.45) is 15.0 Å². The Morgan fingerprint density at radius 2 is 2.03 bits per heavy atom. The SMILES string of the molecule is CCCC1=NC2(Cl)C(C)=NCN=C2N1Cc1ccc(-c2ccoc2-c2nn[nH]n2)cc1. The number of hydrogen-bond acceptors (Lipinski definition) is 8. The average molecular weight is 437 g/mol. The molecule has 0 radical (unpaired) electrons. The molecule has 1 atom stereocenters. The van der Waals surface area contributed by atoms with Crippen LogP contribution in [0.25, 0.3) is 22.7 Å². The van der Waals surface area contributed by atoms with Crippen LogP contribution >= 0.6 is 11.6 Å². The van der Waals surface area contributed by atoms with E-state index in [1.165, 1.54) is 0 Å². The lowest BCUT2D eigenvalue weighted by Crippen LogP contribution is -2.45. The number of fused-ring (bicyclic) bond motifs is 1. The molecule has 0 saturated carbocycles. The fourth-order valence-electron chi connectivity index (χ4n) is 3.86. The quantitative estimate of drug-likeness (QED) is 0.465.